The summed E-state index contributed by atoms with van der Waals surface area (Å²) in [6.45, 7) is 3.22. The predicted molar refractivity (Wildman–Crippen MR) is 42.5 cm³/mol. The van der Waals surface area contributed by atoms with Crippen LogP contribution in [-0.2, 0) is 4.79 Å². The van der Waals surface area contributed by atoms with E-state index in [-0.39, 0.29) is 11.9 Å². The summed E-state index contributed by atoms with van der Waals surface area (Å²) in [5.41, 5.74) is 0. The lowest BCUT2D eigenvalue weighted by Gasteiger charge is -2.09. The number of alkyl halides is 1. The first-order valence-electron chi connectivity index (χ1n) is 3.79. The highest BCUT2D eigenvalue weighted by Gasteiger charge is 2.21. The van der Waals surface area contributed by atoms with Crippen LogP contribution in [-0.4, -0.2) is 32.7 Å². The summed E-state index contributed by atoms with van der Waals surface area (Å²) in [5.74, 6) is -1.14. The third kappa shape index (κ3) is 2.46. The second-order valence-electron chi connectivity index (χ2n) is 2.87. The lowest BCUT2D eigenvalue weighted by Crippen LogP contribution is -2.28. The second kappa shape index (κ2) is 3.92. The first-order chi connectivity index (χ1) is 6.11. The minimum atomic E-state index is -1.56. The third-order valence-corrected chi connectivity index (χ3v) is 1.42. The number of nitrogens with one attached hydrogen (secondary N) is 2. The van der Waals surface area contributed by atoms with Gasteiger partial charge in [-0.2, -0.15) is 5.21 Å². The summed E-state index contributed by atoms with van der Waals surface area (Å²) in [6.07, 6.45) is -1.56. The largest absolute Gasteiger partial charge is 0.289 e. The topological polar surface area (TPSA) is 83.6 Å². The van der Waals surface area contributed by atoms with Gasteiger partial charge in [-0.15, -0.1) is 5.10 Å². The van der Waals surface area contributed by atoms with E-state index in [0.29, 0.717) is 0 Å². The van der Waals surface area contributed by atoms with E-state index in [1.165, 1.54) is 0 Å². The van der Waals surface area contributed by atoms with Gasteiger partial charge in [-0.25, -0.2) is 4.39 Å². The van der Waals surface area contributed by atoms with Crippen LogP contribution >= 0.6 is 0 Å². The molecule has 1 heterocycles. The molecule has 1 amide bonds. The van der Waals surface area contributed by atoms with Gasteiger partial charge < -0.3 is 0 Å². The highest BCUT2D eigenvalue weighted by atomic mass is 19.1. The van der Waals surface area contributed by atoms with E-state index in [2.05, 4.69) is 25.9 Å². The Hall–Kier alpha value is -1.53. The molecule has 1 aromatic heterocycles. The minimum Gasteiger partial charge on any atom is -0.289 e. The Labute approximate surface area is 73.9 Å². The van der Waals surface area contributed by atoms with Gasteiger partial charge in [0.2, 0.25) is 0 Å². The summed E-state index contributed by atoms with van der Waals surface area (Å²) in [5, 5.41) is 14.4. The number of rotatable bonds is 3. The van der Waals surface area contributed by atoms with Crippen molar-refractivity contribution in [1.29, 1.82) is 0 Å². The zero-order valence-electron chi connectivity index (χ0n) is 7.28. The van der Waals surface area contributed by atoms with Crippen LogP contribution in [0, 0.1) is 5.92 Å². The maximum atomic E-state index is 13.0. The van der Waals surface area contributed by atoms with Crippen molar-refractivity contribution in [1.82, 2.24) is 20.6 Å². The fourth-order valence-electron chi connectivity index (χ4n) is 0.697. The Kier molecular flexibility index (Phi) is 2.88. The van der Waals surface area contributed by atoms with Gasteiger partial charge in [-0.05, 0) is 11.1 Å². The normalized spacial score (nSPS) is 12.9. The van der Waals surface area contributed by atoms with Crippen LogP contribution in [0.25, 0.3) is 0 Å². The van der Waals surface area contributed by atoms with Crippen LogP contribution in [0.3, 0.4) is 0 Å². The van der Waals surface area contributed by atoms with E-state index >= 15 is 0 Å². The number of anilines is 1. The molecule has 2 N–H and O–H groups in total. The molecule has 0 saturated carbocycles. The van der Waals surface area contributed by atoms with Crippen molar-refractivity contribution in [3.05, 3.63) is 0 Å². The molecule has 0 fully saturated rings. The molecule has 0 saturated heterocycles. The standard InChI is InChI=1S/C6H10FN5O/c1-3(2)4(7)5(13)8-6-9-11-12-10-6/h3-4H,1-2H3,(H2,8,9,10,11,12,13). The molecule has 0 radical (unpaired) electrons. The van der Waals surface area contributed by atoms with Crippen molar-refractivity contribution in [2.75, 3.05) is 5.32 Å². The van der Waals surface area contributed by atoms with E-state index in [0.717, 1.165) is 0 Å². The van der Waals surface area contributed by atoms with Gasteiger partial charge in [0.05, 0.1) is 0 Å². The number of carbonyl (C=O) groups excluding carboxylic acids is 1. The van der Waals surface area contributed by atoms with Crippen molar-refractivity contribution < 1.29 is 9.18 Å². The van der Waals surface area contributed by atoms with E-state index in [9.17, 15) is 9.18 Å². The van der Waals surface area contributed by atoms with Crippen LogP contribution in [0.4, 0.5) is 10.3 Å². The molecule has 1 rings (SSSR count). The number of tetrazole rings is 1. The van der Waals surface area contributed by atoms with Gasteiger partial charge in [0.25, 0.3) is 11.9 Å². The minimum absolute atomic E-state index is 0.0201. The van der Waals surface area contributed by atoms with Gasteiger partial charge in [-0.3, -0.25) is 10.1 Å². The Bertz CT molecular complexity index is 273. The summed E-state index contributed by atoms with van der Waals surface area (Å²) >= 11 is 0. The van der Waals surface area contributed by atoms with Gasteiger partial charge in [0, 0.05) is 0 Å². The van der Waals surface area contributed by atoms with Crippen molar-refractivity contribution >= 4 is 11.9 Å². The molecule has 0 aromatic carbocycles. The quantitative estimate of drug-likeness (QED) is 0.704. The SMILES string of the molecule is CC(C)C(F)C(=O)Nc1nn[nH]n1. The number of aromatic nitrogens is 4. The molecule has 0 spiro atoms. The maximum absolute atomic E-state index is 13.0. The van der Waals surface area contributed by atoms with Crippen LogP contribution in [0.15, 0.2) is 0 Å². The molecular weight excluding hydrogens is 177 g/mol. The molecule has 6 nitrogen and oxygen atoms in total. The summed E-state index contributed by atoms with van der Waals surface area (Å²) < 4.78 is 13.0. The number of amides is 1. The fraction of sp³-hybridized carbons (Fsp3) is 0.667. The number of H-pyrrole nitrogens is 1. The van der Waals surface area contributed by atoms with Gasteiger partial charge in [-0.1, -0.05) is 18.9 Å². The third-order valence-electron chi connectivity index (χ3n) is 1.42. The predicted octanol–water partition coefficient (Wildman–Crippen LogP) is 0.132. The lowest BCUT2D eigenvalue weighted by atomic mass is 10.1. The molecule has 0 aliphatic heterocycles. The van der Waals surface area contributed by atoms with E-state index in [4.69, 9.17) is 0 Å². The van der Waals surface area contributed by atoms with Crippen molar-refractivity contribution in [2.24, 2.45) is 5.92 Å². The van der Waals surface area contributed by atoms with Gasteiger partial charge in [0.1, 0.15) is 0 Å². The zero-order chi connectivity index (χ0) is 9.84. The number of hydrogen-bond donors (Lipinski definition) is 2. The van der Waals surface area contributed by atoms with Crippen molar-refractivity contribution in [3.8, 4) is 0 Å². The van der Waals surface area contributed by atoms with Crippen LogP contribution < -0.4 is 5.32 Å². The van der Waals surface area contributed by atoms with Crippen LogP contribution in [0.2, 0.25) is 0 Å². The second-order valence-corrected chi connectivity index (χ2v) is 2.87. The maximum Gasteiger partial charge on any atom is 0.269 e. The molecule has 0 aliphatic carbocycles. The first kappa shape index (κ1) is 9.56. The first-order valence-corrected chi connectivity index (χ1v) is 3.79. The number of carbonyl (C=O) groups is 1. The lowest BCUT2D eigenvalue weighted by molar-refractivity contribution is -0.122. The Morgan fingerprint density at radius 1 is 1.62 bits per heavy atom. The number of halogens is 1. The van der Waals surface area contributed by atoms with E-state index < -0.39 is 12.1 Å². The molecular formula is C6H10FN5O. The molecule has 0 bridgehead atoms. The average Bonchev–Trinajstić information content (AvgIpc) is 2.55. The monoisotopic (exact) mass is 187 g/mol. The molecule has 7 heteroatoms. The molecule has 0 aliphatic rings. The zero-order valence-corrected chi connectivity index (χ0v) is 7.28. The van der Waals surface area contributed by atoms with Gasteiger partial charge >= 0.3 is 0 Å². The Morgan fingerprint density at radius 2 is 2.31 bits per heavy atom. The smallest absolute Gasteiger partial charge is 0.269 e. The van der Waals surface area contributed by atoms with E-state index in [1.807, 2.05) is 0 Å². The molecule has 72 valence electrons. The fourth-order valence-corrected chi connectivity index (χ4v) is 0.697. The van der Waals surface area contributed by atoms with Crippen molar-refractivity contribution in [3.63, 3.8) is 0 Å². The Morgan fingerprint density at radius 3 is 2.77 bits per heavy atom. The summed E-state index contributed by atoms with van der Waals surface area (Å²) in [6, 6.07) is 0. The van der Waals surface area contributed by atoms with Gasteiger partial charge in [0.15, 0.2) is 6.17 Å². The molecule has 1 unspecified atom stereocenters. The highest BCUT2D eigenvalue weighted by Crippen LogP contribution is 2.07. The highest BCUT2D eigenvalue weighted by molar-refractivity contribution is 5.92. The number of nitrogens with zero attached hydrogens (tertiary/aromatic N) is 3. The van der Waals surface area contributed by atoms with Crippen molar-refractivity contribution in [2.45, 2.75) is 20.0 Å². The molecule has 1 aromatic rings. The summed E-state index contributed by atoms with van der Waals surface area (Å²) in [7, 11) is 0. The average molecular weight is 187 g/mol. The van der Waals surface area contributed by atoms with Crippen LogP contribution in [0.5, 0.6) is 0 Å². The molecule has 1 atom stereocenters. The van der Waals surface area contributed by atoms with Crippen LogP contribution in [0.1, 0.15) is 13.8 Å². The number of aromatic amines is 1. The molecule has 13 heavy (non-hydrogen) atoms. The van der Waals surface area contributed by atoms with E-state index in [1.54, 1.807) is 13.8 Å². The Balaban J connectivity index is 2.51. The number of hydrogen-bond acceptors (Lipinski definition) is 4. The summed E-state index contributed by atoms with van der Waals surface area (Å²) in [4.78, 5) is 11.0.